The molecule has 0 amide bonds. The van der Waals surface area contributed by atoms with Crippen molar-refractivity contribution in [2.45, 2.75) is 26.8 Å². The monoisotopic (exact) mass is 539 g/mol. The summed E-state index contributed by atoms with van der Waals surface area (Å²) in [5.74, 6) is -0.400. The lowest BCUT2D eigenvalue weighted by Gasteiger charge is -2.24. The van der Waals surface area contributed by atoms with Gasteiger partial charge in [0.1, 0.15) is 5.75 Å². The van der Waals surface area contributed by atoms with Gasteiger partial charge < -0.3 is 19.3 Å². The number of carbonyl (C=O) groups is 1. The molecule has 11 nitrogen and oxygen atoms in total. The van der Waals surface area contributed by atoms with E-state index < -0.39 is 22.5 Å². The fraction of sp³-hybridized carbons (Fsp3) is 0.269. The number of aromatic hydroxyl groups is 1. The van der Waals surface area contributed by atoms with Gasteiger partial charge in [0.15, 0.2) is 16.3 Å². The zero-order valence-electron chi connectivity index (χ0n) is 21.1. The van der Waals surface area contributed by atoms with Gasteiger partial charge in [-0.25, -0.2) is 9.79 Å². The second-order valence-corrected chi connectivity index (χ2v) is 9.16. The summed E-state index contributed by atoms with van der Waals surface area (Å²) in [4.78, 5) is 42.4. The highest BCUT2D eigenvalue weighted by molar-refractivity contribution is 7.07. The third-order valence-corrected chi connectivity index (χ3v) is 6.82. The van der Waals surface area contributed by atoms with E-state index in [1.165, 1.54) is 17.8 Å². The molecule has 2 aromatic carbocycles. The summed E-state index contributed by atoms with van der Waals surface area (Å²) in [6.07, 6.45) is 1.35. The van der Waals surface area contributed by atoms with Crippen LogP contribution in [0.5, 0.6) is 17.2 Å². The van der Waals surface area contributed by atoms with Crippen LogP contribution >= 0.6 is 11.3 Å². The molecule has 0 bridgehead atoms. The molecule has 2 heterocycles. The Morgan fingerprint density at radius 1 is 1.24 bits per heavy atom. The Morgan fingerprint density at radius 3 is 2.55 bits per heavy atom. The van der Waals surface area contributed by atoms with Gasteiger partial charge in [0, 0.05) is 11.6 Å². The summed E-state index contributed by atoms with van der Waals surface area (Å²) in [7, 11) is 1.53. The van der Waals surface area contributed by atoms with E-state index in [0.29, 0.717) is 21.8 Å². The maximum absolute atomic E-state index is 13.7. The number of esters is 1. The molecule has 1 N–H and O–H groups in total. The Morgan fingerprint density at radius 2 is 1.95 bits per heavy atom. The van der Waals surface area contributed by atoms with Crippen LogP contribution in [0.1, 0.15) is 37.9 Å². The molecule has 0 saturated heterocycles. The topological polar surface area (TPSA) is 142 Å². The molecule has 1 aliphatic heterocycles. The minimum atomic E-state index is -0.837. The first kappa shape index (κ1) is 26.6. The zero-order chi connectivity index (χ0) is 27.6. The summed E-state index contributed by atoms with van der Waals surface area (Å²) < 4.78 is 17.4. The van der Waals surface area contributed by atoms with Gasteiger partial charge in [0.05, 0.1) is 53.2 Å². The van der Waals surface area contributed by atoms with Gasteiger partial charge in [-0.2, -0.15) is 0 Å². The van der Waals surface area contributed by atoms with Crippen LogP contribution < -0.4 is 24.4 Å². The molecule has 4 rings (SSSR count). The Bertz CT molecular complexity index is 1620. The standard InChI is InChI=1S/C26H25N3O8S/c1-5-36-19-13-17(29(33)34)11-16(23(19)30)12-20-24(31)28-22(15-7-9-18(35-4)10-8-15)21(25(32)37-6-2)14(3)27-26(28)38-20/h7-13,22,30H,5-6H2,1-4H3/b20-12-/t22-/m1/s1. The summed E-state index contributed by atoms with van der Waals surface area (Å²) in [6, 6.07) is 8.39. The van der Waals surface area contributed by atoms with Crippen LogP contribution in [-0.2, 0) is 9.53 Å². The highest BCUT2D eigenvalue weighted by Crippen LogP contribution is 2.35. The minimum absolute atomic E-state index is 0.0373. The first-order chi connectivity index (χ1) is 18.2. The molecular weight excluding hydrogens is 514 g/mol. The molecule has 1 aliphatic rings. The number of nitro benzene ring substituents is 1. The molecule has 0 radical (unpaired) electrons. The van der Waals surface area contributed by atoms with Gasteiger partial charge in [-0.05, 0) is 44.5 Å². The molecule has 3 aromatic rings. The number of phenols is 1. The van der Waals surface area contributed by atoms with Crippen molar-refractivity contribution >= 4 is 29.1 Å². The van der Waals surface area contributed by atoms with Crippen molar-refractivity contribution in [2.24, 2.45) is 4.99 Å². The number of allylic oxidation sites excluding steroid dienone is 1. The predicted molar refractivity (Wildman–Crippen MR) is 139 cm³/mol. The van der Waals surface area contributed by atoms with Gasteiger partial charge in [0.2, 0.25) is 0 Å². The molecule has 0 spiro atoms. The number of thiazole rings is 1. The van der Waals surface area contributed by atoms with Crippen LogP contribution in [0.15, 0.2) is 57.5 Å². The number of ether oxygens (including phenoxy) is 3. The van der Waals surface area contributed by atoms with Crippen LogP contribution in [0.3, 0.4) is 0 Å². The van der Waals surface area contributed by atoms with Crippen molar-refractivity contribution in [3.05, 3.63) is 88.6 Å². The maximum Gasteiger partial charge on any atom is 0.338 e. The van der Waals surface area contributed by atoms with E-state index in [0.717, 1.165) is 23.5 Å². The van der Waals surface area contributed by atoms with Crippen molar-refractivity contribution in [2.75, 3.05) is 20.3 Å². The highest BCUT2D eigenvalue weighted by Gasteiger charge is 2.33. The lowest BCUT2D eigenvalue weighted by molar-refractivity contribution is -0.385. The summed E-state index contributed by atoms with van der Waals surface area (Å²) in [5, 5.41) is 22.1. The number of rotatable bonds is 8. The van der Waals surface area contributed by atoms with E-state index in [2.05, 4.69) is 4.99 Å². The Hall–Kier alpha value is -4.45. The number of nitro groups is 1. The van der Waals surface area contributed by atoms with Crippen molar-refractivity contribution in [3.8, 4) is 17.2 Å². The number of aromatic nitrogens is 1. The lowest BCUT2D eigenvalue weighted by atomic mass is 9.96. The molecule has 0 fully saturated rings. The normalized spacial score (nSPS) is 15.1. The van der Waals surface area contributed by atoms with Gasteiger partial charge in [0.25, 0.3) is 11.2 Å². The molecular formula is C26H25N3O8S. The van der Waals surface area contributed by atoms with Gasteiger partial charge in [-0.1, -0.05) is 23.5 Å². The van der Waals surface area contributed by atoms with E-state index in [1.807, 2.05) is 0 Å². The molecule has 12 heteroatoms. The number of fused-ring (bicyclic) bond motifs is 1. The molecule has 198 valence electrons. The van der Waals surface area contributed by atoms with E-state index in [1.54, 1.807) is 45.0 Å². The number of phenolic OH excluding ortho intramolecular Hbond substituents is 1. The Labute approximate surface area is 220 Å². The van der Waals surface area contributed by atoms with Crippen LogP contribution in [0, 0.1) is 10.1 Å². The number of methoxy groups -OCH3 is 1. The smallest absolute Gasteiger partial charge is 0.338 e. The number of hydrogen-bond acceptors (Lipinski definition) is 10. The molecule has 1 atom stereocenters. The van der Waals surface area contributed by atoms with Crippen molar-refractivity contribution < 1.29 is 29.0 Å². The molecule has 0 saturated carbocycles. The van der Waals surface area contributed by atoms with Gasteiger partial charge in [-0.3, -0.25) is 19.5 Å². The van der Waals surface area contributed by atoms with E-state index in [4.69, 9.17) is 14.2 Å². The van der Waals surface area contributed by atoms with Crippen molar-refractivity contribution in [1.29, 1.82) is 0 Å². The number of non-ortho nitro benzene ring substituents is 1. The number of nitrogens with zero attached hydrogens (tertiary/aromatic N) is 3. The fourth-order valence-corrected chi connectivity index (χ4v) is 5.17. The third kappa shape index (κ3) is 4.90. The van der Waals surface area contributed by atoms with E-state index in [-0.39, 0.29) is 46.1 Å². The average molecular weight is 540 g/mol. The minimum Gasteiger partial charge on any atom is -0.504 e. The highest BCUT2D eigenvalue weighted by atomic mass is 32.1. The number of carbonyl (C=O) groups excluding carboxylic acids is 1. The summed E-state index contributed by atoms with van der Waals surface area (Å²) in [5.41, 5.74) is 0.485. The zero-order valence-corrected chi connectivity index (χ0v) is 21.9. The lowest BCUT2D eigenvalue weighted by Crippen LogP contribution is -2.39. The predicted octanol–water partition coefficient (Wildman–Crippen LogP) is 2.82. The van der Waals surface area contributed by atoms with E-state index in [9.17, 15) is 24.8 Å². The second kappa shape index (κ2) is 10.9. The van der Waals surface area contributed by atoms with Gasteiger partial charge in [-0.15, -0.1) is 0 Å². The molecule has 38 heavy (non-hydrogen) atoms. The Balaban J connectivity index is 1.96. The second-order valence-electron chi connectivity index (χ2n) is 8.15. The third-order valence-electron chi connectivity index (χ3n) is 5.84. The molecule has 0 unspecified atom stereocenters. The summed E-state index contributed by atoms with van der Waals surface area (Å²) in [6.45, 7) is 5.35. The first-order valence-corrected chi connectivity index (χ1v) is 12.5. The van der Waals surface area contributed by atoms with Crippen molar-refractivity contribution in [3.63, 3.8) is 0 Å². The van der Waals surface area contributed by atoms with Crippen LogP contribution in [0.25, 0.3) is 6.08 Å². The van der Waals surface area contributed by atoms with Gasteiger partial charge >= 0.3 is 5.97 Å². The van der Waals surface area contributed by atoms with Crippen molar-refractivity contribution in [1.82, 2.24) is 4.57 Å². The Kier molecular flexibility index (Phi) is 7.62. The maximum atomic E-state index is 13.7. The van der Waals surface area contributed by atoms with E-state index >= 15 is 0 Å². The largest absolute Gasteiger partial charge is 0.504 e. The first-order valence-electron chi connectivity index (χ1n) is 11.7. The van der Waals surface area contributed by atoms with Crippen LogP contribution in [-0.4, -0.2) is 40.9 Å². The quantitative estimate of drug-likeness (QED) is 0.262. The van der Waals surface area contributed by atoms with Crippen LogP contribution in [0.2, 0.25) is 0 Å². The summed E-state index contributed by atoms with van der Waals surface area (Å²) >= 11 is 1.03. The SMILES string of the molecule is CCOC(=O)C1=C(C)N=c2s/c(=C\c3cc([N+](=O)[O-])cc(OCC)c3O)c(=O)n2[C@@H]1c1ccc(OC)cc1. The average Bonchev–Trinajstić information content (AvgIpc) is 3.19. The molecule has 1 aromatic heterocycles. The fourth-order valence-electron chi connectivity index (χ4n) is 4.13. The molecule has 0 aliphatic carbocycles. The number of benzene rings is 2. The van der Waals surface area contributed by atoms with Crippen LogP contribution in [0.4, 0.5) is 5.69 Å². The number of hydrogen-bond donors (Lipinski definition) is 1.